The lowest BCUT2D eigenvalue weighted by Crippen LogP contribution is -2.28. The average Bonchev–Trinajstić information content (AvgIpc) is 2.35. The fourth-order valence-corrected chi connectivity index (χ4v) is 2.18. The Hall–Kier alpha value is -0.860. The van der Waals surface area contributed by atoms with Crippen LogP contribution in [0, 0.1) is 0 Å². The highest BCUT2D eigenvalue weighted by atomic mass is 16.5. The van der Waals surface area contributed by atoms with Crippen LogP contribution >= 0.6 is 0 Å². The van der Waals surface area contributed by atoms with Gasteiger partial charge in [-0.2, -0.15) is 0 Å². The molecular weight excluding hydrogens is 198 g/mol. The Morgan fingerprint density at radius 2 is 2.25 bits per heavy atom. The predicted molar refractivity (Wildman–Crippen MR) is 66.6 cm³/mol. The van der Waals surface area contributed by atoms with Gasteiger partial charge in [0.2, 0.25) is 0 Å². The molecule has 1 heterocycles. The standard InChI is InChI=1S/C14H21NO/c1-2-3-9-15-11-14-13-7-5-4-6-12(13)8-10-16-14/h4-7,14-15H,2-3,8-11H2,1H3/t14-/m0/s1. The van der Waals surface area contributed by atoms with E-state index in [1.165, 1.54) is 24.0 Å². The molecule has 1 aliphatic heterocycles. The first-order chi connectivity index (χ1) is 7.92. The van der Waals surface area contributed by atoms with Gasteiger partial charge in [-0.25, -0.2) is 0 Å². The minimum absolute atomic E-state index is 0.252. The van der Waals surface area contributed by atoms with Gasteiger partial charge in [0.1, 0.15) is 0 Å². The lowest BCUT2D eigenvalue weighted by molar-refractivity contribution is 0.0426. The number of ether oxygens (including phenoxy) is 1. The average molecular weight is 219 g/mol. The second kappa shape index (κ2) is 6.02. The van der Waals surface area contributed by atoms with E-state index in [0.717, 1.165) is 26.1 Å². The summed E-state index contributed by atoms with van der Waals surface area (Å²) in [5.41, 5.74) is 2.83. The summed E-state index contributed by atoms with van der Waals surface area (Å²) in [5, 5.41) is 3.47. The van der Waals surface area contributed by atoms with Gasteiger partial charge in [0.15, 0.2) is 0 Å². The molecule has 0 aromatic heterocycles. The summed E-state index contributed by atoms with van der Waals surface area (Å²) >= 11 is 0. The van der Waals surface area contributed by atoms with Gasteiger partial charge in [-0.15, -0.1) is 0 Å². The van der Waals surface area contributed by atoms with E-state index in [2.05, 4.69) is 36.5 Å². The van der Waals surface area contributed by atoms with E-state index in [1.54, 1.807) is 0 Å². The van der Waals surface area contributed by atoms with Crippen LogP contribution in [0.4, 0.5) is 0 Å². The molecule has 1 aromatic carbocycles. The quantitative estimate of drug-likeness (QED) is 0.769. The van der Waals surface area contributed by atoms with Gasteiger partial charge in [0.05, 0.1) is 12.7 Å². The number of fused-ring (bicyclic) bond motifs is 1. The summed E-state index contributed by atoms with van der Waals surface area (Å²) in [5.74, 6) is 0. The Labute approximate surface area is 98.0 Å². The Morgan fingerprint density at radius 3 is 3.12 bits per heavy atom. The molecule has 88 valence electrons. The van der Waals surface area contributed by atoms with Gasteiger partial charge in [0, 0.05) is 6.54 Å². The molecule has 0 amide bonds. The van der Waals surface area contributed by atoms with Gasteiger partial charge in [-0.1, -0.05) is 37.6 Å². The van der Waals surface area contributed by atoms with Crippen LogP contribution in [0.2, 0.25) is 0 Å². The van der Waals surface area contributed by atoms with Gasteiger partial charge in [0.25, 0.3) is 0 Å². The summed E-state index contributed by atoms with van der Waals surface area (Å²) < 4.78 is 5.82. The Morgan fingerprint density at radius 1 is 1.38 bits per heavy atom. The molecule has 1 atom stereocenters. The summed E-state index contributed by atoms with van der Waals surface area (Å²) in [6.45, 7) is 5.11. The zero-order valence-corrected chi connectivity index (χ0v) is 10.0. The van der Waals surface area contributed by atoms with E-state index >= 15 is 0 Å². The molecule has 0 unspecified atom stereocenters. The molecule has 0 bridgehead atoms. The Bertz CT molecular complexity index is 324. The minimum Gasteiger partial charge on any atom is -0.372 e. The van der Waals surface area contributed by atoms with E-state index in [9.17, 15) is 0 Å². The molecule has 0 aliphatic carbocycles. The third-order valence-electron chi connectivity index (χ3n) is 3.13. The molecule has 1 aliphatic rings. The molecule has 0 spiro atoms. The maximum absolute atomic E-state index is 5.82. The van der Waals surface area contributed by atoms with E-state index in [4.69, 9.17) is 4.74 Å². The lowest BCUT2D eigenvalue weighted by Gasteiger charge is -2.26. The highest BCUT2D eigenvalue weighted by Gasteiger charge is 2.19. The molecule has 2 heteroatoms. The number of hydrogen-bond donors (Lipinski definition) is 1. The molecule has 2 rings (SSSR count). The normalized spacial score (nSPS) is 19.4. The summed E-state index contributed by atoms with van der Waals surface area (Å²) in [4.78, 5) is 0. The summed E-state index contributed by atoms with van der Waals surface area (Å²) in [6.07, 6.45) is 3.80. The first-order valence-corrected chi connectivity index (χ1v) is 6.32. The second-order valence-corrected chi connectivity index (χ2v) is 4.37. The molecule has 0 fully saturated rings. The fourth-order valence-electron chi connectivity index (χ4n) is 2.18. The highest BCUT2D eigenvalue weighted by molar-refractivity contribution is 5.31. The number of benzene rings is 1. The van der Waals surface area contributed by atoms with Crippen LogP contribution in [0.3, 0.4) is 0 Å². The van der Waals surface area contributed by atoms with Crippen molar-refractivity contribution >= 4 is 0 Å². The summed E-state index contributed by atoms with van der Waals surface area (Å²) in [7, 11) is 0. The topological polar surface area (TPSA) is 21.3 Å². The van der Waals surface area contributed by atoms with Crippen molar-refractivity contribution < 1.29 is 4.74 Å². The van der Waals surface area contributed by atoms with Crippen LogP contribution in [-0.4, -0.2) is 19.7 Å². The fraction of sp³-hybridized carbons (Fsp3) is 0.571. The highest BCUT2D eigenvalue weighted by Crippen LogP contribution is 2.25. The van der Waals surface area contributed by atoms with Crippen molar-refractivity contribution in [3.8, 4) is 0 Å². The number of rotatable bonds is 5. The second-order valence-electron chi connectivity index (χ2n) is 4.37. The lowest BCUT2D eigenvalue weighted by atomic mass is 9.97. The van der Waals surface area contributed by atoms with Crippen molar-refractivity contribution in [2.75, 3.05) is 19.7 Å². The van der Waals surface area contributed by atoms with Crippen LogP contribution < -0.4 is 5.32 Å². The first kappa shape index (κ1) is 11.6. The maximum atomic E-state index is 5.82. The van der Waals surface area contributed by atoms with Crippen LogP contribution in [-0.2, 0) is 11.2 Å². The van der Waals surface area contributed by atoms with E-state index in [1.807, 2.05) is 0 Å². The molecule has 2 nitrogen and oxygen atoms in total. The molecule has 1 aromatic rings. The van der Waals surface area contributed by atoms with Crippen LogP contribution in [0.25, 0.3) is 0 Å². The number of nitrogens with one attached hydrogen (secondary N) is 1. The molecule has 1 N–H and O–H groups in total. The van der Waals surface area contributed by atoms with Gasteiger partial charge in [-0.3, -0.25) is 0 Å². The minimum atomic E-state index is 0.252. The van der Waals surface area contributed by atoms with E-state index in [0.29, 0.717) is 0 Å². The van der Waals surface area contributed by atoms with Crippen molar-refractivity contribution in [3.05, 3.63) is 35.4 Å². The number of unbranched alkanes of at least 4 members (excludes halogenated alkanes) is 1. The SMILES string of the molecule is CCCCNC[C@@H]1OCCc2ccccc21. The maximum Gasteiger partial charge on any atom is 0.0952 e. The monoisotopic (exact) mass is 219 g/mol. The van der Waals surface area contributed by atoms with E-state index in [-0.39, 0.29) is 6.10 Å². The molecule has 16 heavy (non-hydrogen) atoms. The van der Waals surface area contributed by atoms with Crippen molar-refractivity contribution in [2.24, 2.45) is 0 Å². The van der Waals surface area contributed by atoms with Crippen LogP contribution in [0.1, 0.15) is 37.0 Å². The molecule has 0 saturated carbocycles. The largest absolute Gasteiger partial charge is 0.372 e. The number of hydrogen-bond acceptors (Lipinski definition) is 2. The van der Waals surface area contributed by atoms with Gasteiger partial charge < -0.3 is 10.1 Å². The van der Waals surface area contributed by atoms with Crippen molar-refractivity contribution in [2.45, 2.75) is 32.3 Å². The first-order valence-electron chi connectivity index (χ1n) is 6.32. The van der Waals surface area contributed by atoms with Gasteiger partial charge in [-0.05, 0) is 30.5 Å². The third-order valence-corrected chi connectivity index (χ3v) is 3.13. The molecule has 0 saturated heterocycles. The van der Waals surface area contributed by atoms with Gasteiger partial charge >= 0.3 is 0 Å². The van der Waals surface area contributed by atoms with E-state index < -0.39 is 0 Å². The van der Waals surface area contributed by atoms with Crippen molar-refractivity contribution in [1.82, 2.24) is 5.32 Å². The Balaban J connectivity index is 1.91. The smallest absolute Gasteiger partial charge is 0.0952 e. The van der Waals surface area contributed by atoms with Crippen LogP contribution in [0.15, 0.2) is 24.3 Å². The molecular formula is C14H21NO. The van der Waals surface area contributed by atoms with Crippen LogP contribution in [0.5, 0.6) is 0 Å². The van der Waals surface area contributed by atoms with Crippen molar-refractivity contribution in [1.29, 1.82) is 0 Å². The molecule has 0 radical (unpaired) electrons. The summed E-state index contributed by atoms with van der Waals surface area (Å²) in [6, 6.07) is 8.63. The van der Waals surface area contributed by atoms with Crippen molar-refractivity contribution in [3.63, 3.8) is 0 Å². The Kier molecular flexibility index (Phi) is 4.37. The zero-order valence-electron chi connectivity index (χ0n) is 10.0. The third kappa shape index (κ3) is 2.83. The zero-order chi connectivity index (χ0) is 11.2. The predicted octanol–water partition coefficient (Wildman–Crippen LogP) is 2.69.